The Labute approximate surface area is 110 Å². The molecule has 0 aliphatic carbocycles. The van der Waals surface area contributed by atoms with Crippen molar-refractivity contribution in [1.82, 2.24) is 0 Å². The average Bonchev–Trinajstić information content (AvgIpc) is 2.78. The number of hydrogen-bond acceptors (Lipinski definition) is 4. The molecule has 0 amide bonds. The minimum absolute atomic E-state index is 0.0869. The lowest BCUT2D eigenvalue weighted by molar-refractivity contribution is 0.0661. The van der Waals surface area contributed by atoms with Gasteiger partial charge >= 0.3 is 5.97 Å². The summed E-state index contributed by atoms with van der Waals surface area (Å²) in [6.07, 6.45) is 0. The van der Waals surface area contributed by atoms with Crippen molar-refractivity contribution in [2.45, 2.75) is 13.5 Å². The van der Waals surface area contributed by atoms with Gasteiger partial charge in [-0.1, -0.05) is 12.1 Å². The van der Waals surface area contributed by atoms with Gasteiger partial charge in [0.2, 0.25) is 5.76 Å². The van der Waals surface area contributed by atoms with E-state index in [4.69, 9.17) is 19.0 Å². The summed E-state index contributed by atoms with van der Waals surface area (Å²) in [6.45, 7) is 1.93. The van der Waals surface area contributed by atoms with E-state index in [0.717, 1.165) is 0 Å². The van der Waals surface area contributed by atoms with Gasteiger partial charge in [0.25, 0.3) is 0 Å². The van der Waals surface area contributed by atoms with E-state index in [2.05, 4.69) is 0 Å². The molecule has 1 heterocycles. The van der Waals surface area contributed by atoms with Crippen LogP contribution in [0.25, 0.3) is 0 Å². The maximum Gasteiger partial charge on any atom is 0.371 e. The highest BCUT2D eigenvalue weighted by Crippen LogP contribution is 2.27. The number of carbonyl (C=O) groups is 1. The van der Waals surface area contributed by atoms with Gasteiger partial charge in [-0.3, -0.25) is 0 Å². The molecule has 1 aromatic heterocycles. The zero-order chi connectivity index (χ0) is 13.8. The second kappa shape index (κ2) is 5.48. The first-order chi connectivity index (χ1) is 9.11. The van der Waals surface area contributed by atoms with Gasteiger partial charge in [0.1, 0.15) is 12.4 Å². The Morgan fingerprint density at radius 3 is 2.58 bits per heavy atom. The maximum atomic E-state index is 10.8. The number of benzene rings is 1. The molecule has 0 saturated heterocycles. The highest BCUT2D eigenvalue weighted by Gasteiger charge is 2.14. The molecular weight excluding hydrogens is 248 g/mol. The number of methoxy groups -OCH3 is 1. The lowest BCUT2D eigenvalue weighted by Gasteiger charge is -2.09. The van der Waals surface area contributed by atoms with Gasteiger partial charge in [0.15, 0.2) is 11.5 Å². The van der Waals surface area contributed by atoms with Gasteiger partial charge in [-0.15, -0.1) is 0 Å². The highest BCUT2D eigenvalue weighted by atomic mass is 16.5. The summed E-state index contributed by atoms with van der Waals surface area (Å²) in [5, 5.41) is 8.84. The van der Waals surface area contributed by atoms with Gasteiger partial charge in [-0.05, 0) is 25.1 Å². The van der Waals surface area contributed by atoms with E-state index < -0.39 is 5.97 Å². The predicted molar refractivity (Wildman–Crippen MR) is 67.7 cm³/mol. The lowest BCUT2D eigenvalue weighted by Crippen LogP contribution is -1.98. The van der Waals surface area contributed by atoms with Gasteiger partial charge in [-0.25, -0.2) is 4.79 Å². The van der Waals surface area contributed by atoms with Crippen LogP contribution in [0.5, 0.6) is 11.5 Å². The normalized spacial score (nSPS) is 10.2. The lowest BCUT2D eigenvalue weighted by atomic mass is 10.2. The topological polar surface area (TPSA) is 68.9 Å². The minimum Gasteiger partial charge on any atom is -0.493 e. The van der Waals surface area contributed by atoms with Crippen molar-refractivity contribution in [3.05, 3.63) is 47.4 Å². The third kappa shape index (κ3) is 2.88. The number of furan rings is 1. The number of carboxylic acids is 1. The van der Waals surface area contributed by atoms with Crippen LogP contribution < -0.4 is 9.47 Å². The van der Waals surface area contributed by atoms with Gasteiger partial charge < -0.3 is 19.0 Å². The SMILES string of the molecule is COc1ccccc1OCc1cc(C(=O)O)oc1C. The Morgan fingerprint density at radius 2 is 2.00 bits per heavy atom. The summed E-state index contributed by atoms with van der Waals surface area (Å²) < 4.78 is 15.9. The second-order valence-corrected chi connectivity index (χ2v) is 3.94. The molecule has 0 aliphatic heterocycles. The summed E-state index contributed by atoms with van der Waals surface area (Å²) in [6, 6.07) is 8.72. The largest absolute Gasteiger partial charge is 0.493 e. The molecule has 1 N–H and O–H groups in total. The molecule has 5 heteroatoms. The molecule has 19 heavy (non-hydrogen) atoms. The monoisotopic (exact) mass is 262 g/mol. The van der Waals surface area contributed by atoms with E-state index in [9.17, 15) is 4.79 Å². The fourth-order valence-corrected chi connectivity index (χ4v) is 1.66. The van der Waals surface area contributed by atoms with Gasteiger partial charge in [0.05, 0.1) is 7.11 Å². The summed E-state index contributed by atoms with van der Waals surface area (Å²) in [5.74, 6) is 0.583. The fourth-order valence-electron chi connectivity index (χ4n) is 1.66. The maximum absolute atomic E-state index is 10.8. The molecule has 1 aromatic carbocycles. The zero-order valence-electron chi connectivity index (χ0n) is 10.7. The first kappa shape index (κ1) is 13.0. The van der Waals surface area contributed by atoms with Crippen LogP contribution in [0.15, 0.2) is 34.7 Å². The van der Waals surface area contributed by atoms with Crippen molar-refractivity contribution >= 4 is 5.97 Å². The van der Waals surface area contributed by atoms with Crippen LogP contribution in [0, 0.1) is 6.92 Å². The van der Waals surface area contributed by atoms with Crippen LogP contribution in [0.4, 0.5) is 0 Å². The first-order valence-electron chi connectivity index (χ1n) is 5.70. The van der Waals surface area contributed by atoms with Crippen LogP contribution in [0.2, 0.25) is 0 Å². The Bertz CT molecular complexity index is 585. The number of hydrogen-bond donors (Lipinski definition) is 1. The highest BCUT2D eigenvalue weighted by molar-refractivity contribution is 5.84. The molecule has 100 valence electrons. The van der Waals surface area contributed by atoms with Crippen LogP contribution in [0.3, 0.4) is 0 Å². The quantitative estimate of drug-likeness (QED) is 0.897. The average molecular weight is 262 g/mol. The Balaban J connectivity index is 2.12. The Kier molecular flexibility index (Phi) is 3.75. The molecule has 0 radical (unpaired) electrons. The van der Waals surface area contributed by atoms with Crippen molar-refractivity contribution in [1.29, 1.82) is 0 Å². The van der Waals surface area contributed by atoms with Crippen molar-refractivity contribution in [2.24, 2.45) is 0 Å². The molecule has 0 bridgehead atoms. The van der Waals surface area contributed by atoms with Crippen LogP contribution in [-0.4, -0.2) is 18.2 Å². The van der Waals surface area contributed by atoms with Crippen molar-refractivity contribution < 1.29 is 23.8 Å². The molecule has 0 fully saturated rings. The third-order valence-electron chi connectivity index (χ3n) is 2.68. The number of aryl methyl sites for hydroxylation is 1. The molecular formula is C14H14O5. The molecule has 0 atom stereocenters. The molecule has 2 rings (SSSR count). The Morgan fingerprint density at radius 1 is 1.32 bits per heavy atom. The van der Waals surface area contributed by atoms with Crippen LogP contribution in [0.1, 0.15) is 21.9 Å². The molecule has 2 aromatic rings. The summed E-state index contributed by atoms with van der Waals surface area (Å²) in [4.78, 5) is 10.8. The number of carboxylic acid groups (broad SMARTS) is 1. The number of ether oxygens (including phenoxy) is 2. The Hall–Kier alpha value is -2.43. The molecule has 5 nitrogen and oxygen atoms in total. The van der Waals surface area contributed by atoms with E-state index in [-0.39, 0.29) is 12.4 Å². The van der Waals surface area contributed by atoms with Gasteiger partial charge in [-0.2, -0.15) is 0 Å². The van der Waals surface area contributed by atoms with Gasteiger partial charge in [0, 0.05) is 5.56 Å². The fraction of sp³-hybridized carbons (Fsp3) is 0.214. The summed E-state index contributed by atoms with van der Waals surface area (Å²) >= 11 is 0. The van der Waals surface area contributed by atoms with Crippen molar-refractivity contribution in [3.63, 3.8) is 0 Å². The zero-order valence-corrected chi connectivity index (χ0v) is 10.7. The van der Waals surface area contributed by atoms with Crippen molar-refractivity contribution in [3.8, 4) is 11.5 Å². The minimum atomic E-state index is -1.09. The van der Waals surface area contributed by atoms with E-state index in [1.807, 2.05) is 12.1 Å². The number of aromatic carboxylic acids is 1. The number of para-hydroxylation sites is 2. The molecule has 0 spiro atoms. The third-order valence-corrected chi connectivity index (χ3v) is 2.68. The summed E-state index contributed by atoms with van der Waals surface area (Å²) in [5.41, 5.74) is 0.698. The standard InChI is InChI=1S/C14H14O5/c1-9-10(7-13(19-9)14(15)16)8-18-12-6-4-3-5-11(12)17-2/h3-7H,8H2,1-2H3,(H,15,16). The second-order valence-electron chi connectivity index (χ2n) is 3.94. The first-order valence-corrected chi connectivity index (χ1v) is 5.70. The van der Waals surface area contributed by atoms with Crippen LogP contribution >= 0.6 is 0 Å². The van der Waals surface area contributed by atoms with Crippen LogP contribution in [-0.2, 0) is 6.61 Å². The van der Waals surface area contributed by atoms with E-state index in [1.54, 1.807) is 26.2 Å². The van der Waals surface area contributed by atoms with Crippen molar-refractivity contribution in [2.75, 3.05) is 7.11 Å². The predicted octanol–water partition coefficient (Wildman–Crippen LogP) is 2.87. The molecule has 0 saturated carbocycles. The molecule has 0 aliphatic rings. The summed E-state index contributed by atoms with van der Waals surface area (Å²) in [7, 11) is 1.56. The van der Waals surface area contributed by atoms with E-state index in [0.29, 0.717) is 22.8 Å². The van der Waals surface area contributed by atoms with E-state index in [1.165, 1.54) is 6.07 Å². The smallest absolute Gasteiger partial charge is 0.371 e. The van der Waals surface area contributed by atoms with E-state index >= 15 is 0 Å². The molecule has 0 unspecified atom stereocenters. The number of rotatable bonds is 5.